The first-order valence-electron chi connectivity index (χ1n) is 8.43. The number of anilines is 1. The third-order valence-electron chi connectivity index (χ3n) is 4.65. The summed E-state index contributed by atoms with van der Waals surface area (Å²) in [6.07, 6.45) is 3.07. The zero-order valence-electron chi connectivity index (χ0n) is 14.5. The molecule has 1 fully saturated rings. The van der Waals surface area contributed by atoms with E-state index in [1.807, 2.05) is 25.1 Å². The molecule has 1 amide bonds. The van der Waals surface area contributed by atoms with Crippen LogP contribution in [-0.2, 0) is 4.74 Å². The van der Waals surface area contributed by atoms with Crippen LogP contribution in [0.25, 0.3) is 10.9 Å². The van der Waals surface area contributed by atoms with E-state index in [2.05, 4.69) is 19.9 Å². The van der Waals surface area contributed by atoms with Crippen molar-refractivity contribution in [1.82, 2.24) is 10.3 Å². The number of carbonyl (C=O) groups is 1. The van der Waals surface area contributed by atoms with Crippen LogP contribution < -0.4 is 16.0 Å². The number of amides is 1. The van der Waals surface area contributed by atoms with Crippen LogP contribution in [0.3, 0.4) is 0 Å². The number of hydrogen-bond donors (Lipinski definition) is 2. The van der Waals surface area contributed by atoms with Crippen LogP contribution in [0.1, 0.15) is 31.4 Å². The SMILES string of the molecule is COC(=O)NC1CCN(c2c(C(C)N)cc(Cl)c3cccnc23)CC1. The van der Waals surface area contributed by atoms with Gasteiger partial charge in [0, 0.05) is 36.8 Å². The molecule has 1 atom stereocenters. The summed E-state index contributed by atoms with van der Waals surface area (Å²) in [4.78, 5) is 18.3. The molecule has 2 aromatic rings. The Hall–Kier alpha value is -2.05. The zero-order chi connectivity index (χ0) is 18.0. The maximum atomic E-state index is 11.4. The fraction of sp³-hybridized carbons (Fsp3) is 0.444. The van der Waals surface area contributed by atoms with E-state index < -0.39 is 0 Å². The van der Waals surface area contributed by atoms with E-state index in [-0.39, 0.29) is 18.2 Å². The average molecular weight is 363 g/mol. The maximum absolute atomic E-state index is 11.4. The second-order valence-corrected chi connectivity index (χ2v) is 6.79. The number of nitrogens with one attached hydrogen (secondary N) is 1. The van der Waals surface area contributed by atoms with E-state index >= 15 is 0 Å². The van der Waals surface area contributed by atoms with Crippen molar-refractivity contribution in [3.63, 3.8) is 0 Å². The number of pyridine rings is 1. The normalized spacial score (nSPS) is 16.7. The Kier molecular flexibility index (Phi) is 5.30. The highest BCUT2D eigenvalue weighted by Crippen LogP contribution is 2.38. The maximum Gasteiger partial charge on any atom is 0.407 e. The number of nitrogens with zero attached hydrogens (tertiary/aromatic N) is 2. The van der Waals surface area contributed by atoms with E-state index in [1.165, 1.54) is 7.11 Å². The minimum atomic E-state index is -0.381. The Morgan fingerprint density at radius 2 is 2.20 bits per heavy atom. The number of alkyl carbamates (subject to hydrolysis) is 1. The Balaban J connectivity index is 1.92. The molecule has 3 N–H and O–H groups in total. The van der Waals surface area contributed by atoms with E-state index in [0.29, 0.717) is 5.02 Å². The van der Waals surface area contributed by atoms with Crippen molar-refractivity contribution in [2.75, 3.05) is 25.1 Å². The second kappa shape index (κ2) is 7.45. The molecular formula is C18H23ClN4O2. The lowest BCUT2D eigenvalue weighted by Gasteiger charge is -2.36. The van der Waals surface area contributed by atoms with Gasteiger partial charge in [-0.05, 0) is 43.5 Å². The van der Waals surface area contributed by atoms with Crippen LogP contribution in [-0.4, -0.2) is 37.3 Å². The van der Waals surface area contributed by atoms with Crippen molar-refractivity contribution in [3.8, 4) is 0 Å². The third-order valence-corrected chi connectivity index (χ3v) is 4.97. The molecule has 1 aromatic carbocycles. The van der Waals surface area contributed by atoms with Crippen molar-refractivity contribution in [2.24, 2.45) is 5.73 Å². The molecule has 1 saturated heterocycles. The molecule has 0 saturated carbocycles. The molecule has 0 bridgehead atoms. The summed E-state index contributed by atoms with van der Waals surface area (Å²) in [7, 11) is 1.38. The van der Waals surface area contributed by atoms with Gasteiger partial charge < -0.3 is 20.7 Å². The lowest BCUT2D eigenvalue weighted by Crippen LogP contribution is -2.45. The summed E-state index contributed by atoms with van der Waals surface area (Å²) >= 11 is 6.44. The molecule has 1 unspecified atom stereocenters. The first-order chi connectivity index (χ1) is 12.0. The van der Waals surface area contributed by atoms with Crippen LogP contribution in [0.15, 0.2) is 24.4 Å². The standard InChI is InChI=1S/C18H23ClN4O2/c1-11(20)14-10-15(19)13-4-3-7-21-16(13)17(14)23-8-5-12(6-9-23)22-18(24)25-2/h3-4,7,10-12H,5-6,8-9,20H2,1-2H3,(H,22,24). The van der Waals surface area contributed by atoms with Crippen LogP contribution in [0.5, 0.6) is 0 Å². The van der Waals surface area contributed by atoms with Gasteiger partial charge in [0.2, 0.25) is 0 Å². The van der Waals surface area contributed by atoms with Crippen molar-refractivity contribution >= 4 is 34.3 Å². The highest BCUT2D eigenvalue weighted by atomic mass is 35.5. The lowest BCUT2D eigenvalue weighted by atomic mass is 9.98. The number of piperidine rings is 1. The Labute approximate surface area is 152 Å². The predicted molar refractivity (Wildman–Crippen MR) is 100 cm³/mol. The number of rotatable bonds is 3. The molecule has 134 valence electrons. The van der Waals surface area contributed by atoms with Crippen LogP contribution in [0, 0.1) is 0 Å². The molecule has 1 aromatic heterocycles. The van der Waals surface area contributed by atoms with E-state index in [9.17, 15) is 4.79 Å². The highest BCUT2D eigenvalue weighted by Gasteiger charge is 2.25. The molecule has 0 radical (unpaired) electrons. The molecular weight excluding hydrogens is 340 g/mol. The second-order valence-electron chi connectivity index (χ2n) is 6.38. The predicted octanol–water partition coefficient (Wildman–Crippen LogP) is 3.23. The molecule has 1 aliphatic rings. The van der Waals surface area contributed by atoms with Crippen molar-refractivity contribution < 1.29 is 9.53 Å². The quantitative estimate of drug-likeness (QED) is 0.876. The van der Waals surface area contributed by atoms with E-state index in [0.717, 1.165) is 48.1 Å². The van der Waals surface area contributed by atoms with Gasteiger partial charge in [0.25, 0.3) is 0 Å². The first kappa shape index (κ1) is 17.8. The number of benzene rings is 1. The number of nitrogens with two attached hydrogens (primary N) is 1. The number of aromatic nitrogens is 1. The molecule has 25 heavy (non-hydrogen) atoms. The minimum Gasteiger partial charge on any atom is -0.453 e. The molecule has 3 rings (SSSR count). The average Bonchev–Trinajstić information content (AvgIpc) is 2.62. The van der Waals surface area contributed by atoms with Gasteiger partial charge >= 0.3 is 6.09 Å². The van der Waals surface area contributed by atoms with Crippen LogP contribution in [0.4, 0.5) is 10.5 Å². The van der Waals surface area contributed by atoms with Crippen molar-refractivity contribution in [2.45, 2.75) is 31.8 Å². The number of halogens is 1. The van der Waals surface area contributed by atoms with Crippen molar-refractivity contribution in [1.29, 1.82) is 0 Å². The fourth-order valence-electron chi connectivity index (χ4n) is 3.36. The van der Waals surface area contributed by atoms with Gasteiger partial charge in [-0.2, -0.15) is 0 Å². The molecule has 2 heterocycles. The van der Waals surface area contributed by atoms with Gasteiger partial charge in [-0.15, -0.1) is 0 Å². The minimum absolute atomic E-state index is 0.119. The van der Waals surface area contributed by atoms with Gasteiger partial charge in [0.1, 0.15) is 0 Å². The third kappa shape index (κ3) is 3.65. The first-order valence-corrected chi connectivity index (χ1v) is 8.81. The van der Waals surface area contributed by atoms with Gasteiger partial charge in [-0.25, -0.2) is 4.79 Å². The summed E-state index contributed by atoms with van der Waals surface area (Å²) in [5.74, 6) is 0. The van der Waals surface area contributed by atoms with Gasteiger partial charge in [0.15, 0.2) is 0 Å². The molecule has 0 spiro atoms. The molecule has 7 heteroatoms. The number of fused-ring (bicyclic) bond motifs is 1. The number of carbonyl (C=O) groups excluding carboxylic acids is 1. The smallest absolute Gasteiger partial charge is 0.407 e. The largest absolute Gasteiger partial charge is 0.453 e. The molecule has 0 aliphatic carbocycles. The van der Waals surface area contributed by atoms with Gasteiger partial charge in [-0.1, -0.05) is 11.6 Å². The molecule has 6 nitrogen and oxygen atoms in total. The van der Waals surface area contributed by atoms with Crippen LogP contribution in [0.2, 0.25) is 5.02 Å². The van der Waals surface area contributed by atoms with Gasteiger partial charge in [-0.3, -0.25) is 4.98 Å². The van der Waals surface area contributed by atoms with E-state index in [4.69, 9.17) is 17.3 Å². The summed E-state index contributed by atoms with van der Waals surface area (Å²) in [5.41, 5.74) is 9.13. The topological polar surface area (TPSA) is 80.5 Å². The highest BCUT2D eigenvalue weighted by molar-refractivity contribution is 6.36. The summed E-state index contributed by atoms with van der Waals surface area (Å²) < 4.78 is 4.68. The Bertz CT molecular complexity index is 773. The summed E-state index contributed by atoms with van der Waals surface area (Å²) in [6.45, 7) is 3.57. The fourth-order valence-corrected chi connectivity index (χ4v) is 3.63. The van der Waals surface area contributed by atoms with Crippen LogP contribution >= 0.6 is 11.6 Å². The lowest BCUT2D eigenvalue weighted by molar-refractivity contribution is 0.164. The number of methoxy groups -OCH3 is 1. The Morgan fingerprint density at radius 3 is 2.84 bits per heavy atom. The van der Waals surface area contributed by atoms with Gasteiger partial charge in [0.05, 0.1) is 23.3 Å². The van der Waals surface area contributed by atoms with Crippen molar-refractivity contribution in [3.05, 3.63) is 35.0 Å². The summed E-state index contributed by atoms with van der Waals surface area (Å²) in [6, 6.07) is 5.78. The molecule has 1 aliphatic heterocycles. The zero-order valence-corrected chi connectivity index (χ0v) is 15.2. The number of hydrogen-bond acceptors (Lipinski definition) is 5. The number of ether oxygens (including phenoxy) is 1. The van der Waals surface area contributed by atoms with E-state index in [1.54, 1.807) is 6.20 Å². The Morgan fingerprint density at radius 1 is 1.48 bits per heavy atom. The monoisotopic (exact) mass is 362 g/mol. The summed E-state index contributed by atoms with van der Waals surface area (Å²) in [5, 5.41) is 4.47.